The van der Waals surface area contributed by atoms with Crippen LogP contribution in [-0.4, -0.2) is 48.5 Å². The van der Waals surface area contributed by atoms with Crippen molar-refractivity contribution in [2.24, 2.45) is 17.1 Å². The largest absolute Gasteiger partial charge is 0.352 e. The number of ketones is 1. The van der Waals surface area contributed by atoms with Gasteiger partial charge in [-0.05, 0) is 25.0 Å². The van der Waals surface area contributed by atoms with Crippen LogP contribution in [0.1, 0.15) is 47.5 Å². The van der Waals surface area contributed by atoms with E-state index in [1.807, 2.05) is 40.9 Å². The topological polar surface area (TPSA) is 113 Å². The number of hydrogen-bond acceptors (Lipinski definition) is 5. The molecule has 2 atom stereocenters. The Morgan fingerprint density at radius 3 is 2.20 bits per heavy atom. The molecule has 3 amide bonds. The zero-order valence-electron chi connectivity index (χ0n) is 16.3. The molecular formula is C17H34N4O3S. The lowest BCUT2D eigenvalue weighted by molar-refractivity contribution is -0.133. The molecule has 0 aliphatic carbocycles. The third kappa shape index (κ3) is 9.69. The summed E-state index contributed by atoms with van der Waals surface area (Å²) in [6.45, 7) is 9.81. The maximum atomic E-state index is 12.7. The quantitative estimate of drug-likeness (QED) is 0.323. The molecule has 5 N–H and O–H groups in total. The van der Waals surface area contributed by atoms with Gasteiger partial charge in [-0.15, -0.1) is 11.8 Å². The summed E-state index contributed by atoms with van der Waals surface area (Å²) >= 11 is 1.60. The predicted octanol–water partition coefficient (Wildman–Crippen LogP) is 1.47. The van der Waals surface area contributed by atoms with E-state index in [0.29, 0.717) is 25.3 Å². The van der Waals surface area contributed by atoms with Crippen LogP contribution in [0.5, 0.6) is 0 Å². The monoisotopic (exact) mass is 374 g/mol. The maximum Gasteiger partial charge on any atom is 0.312 e. The maximum absolute atomic E-state index is 12.7. The molecule has 146 valence electrons. The Balaban J connectivity index is 4.97. The highest BCUT2D eigenvalue weighted by Crippen LogP contribution is 2.19. The molecule has 0 aliphatic rings. The normalized spacial score (nSPS) is 14.0. The van der Waals surface area contributed by atoms with Gasteiger partial charge >= 0.3 is 6.03 Å². The zero-order chi connectivity index (χ0) is 19.6. The second kappa shape index (κ2) is 11.4. The fraction of sp³-hybridized carbons (Fsp3) is 0.824. The van der Waals surface area contributed by atoms with Gasteiger partial charge in [0.15, 0.2) is 5.78 Å². The SMILES string of the molecule is CSCNC(C(=O)NC(CCCNC(N)=O)C(=O)C(C)(C)C)C(C)C. The van der Waals surface area contributed by atoms with Crippen molar-refractivity contribution in [2.75, 3.05) is 18.7 Å². The summed E-state index contributed by atoms with van der Waals surface area (Å²) in [5.41, 5.74) is 4.48. The van der Waals surface area contributed by atoms with Crippen molar-refractivity contribution in [2.45, 2.75) is 59.5 Å². The first-order chi connectivity index (χ1) is 11.5. The van der Waals surface area contributed by atoms with Gasteiger partial charge in [0, 0.05) is 17.8 Å². The average molecular weight is 375 g/mol. The van der Waals surface area contributed by atoms with E-state index in [2.05, 4.69) is 16.0 Å². The van der Waals surface area contributed by atoms with Crippen LogP contribution in [-0.2, 0) is 9.59 Å². The standard InChI is InChI=1S/C17H34N4O3S/c1-11(2)13(20-10-25-6)15(23)21-12(14(22)17(3,4)5)8-7-9-19-16(18)24/h11-13,20H,7-10H2,1-6H3,(H,21,23)(H3,18,19,24). The van der Waals surface area contributed by atoms with Gasteiger partial charge in [-0.3, -0.25) is 14.9 Å². The molecule has 0 saturated carbocycles. The second-order valence-electron chi connectivity index (χ2n) is 7.47. The van der Waals surface area contributed by atoms with Gasteiger partial charge < -0.3 is 16.4 Å². The molecule has 0 aromatic rings. The number of carbonyl (C=O) groups excluding carboxylic acids is 3. The number of urea groups is 1. The minimum Gasteiger partial charge on any atom is -0.352 e. The van der Waals surface area contributed by atoms with Gasteiger partial charge in [0.25, 0.3) is 0 Å². The van der Waals surface area contributed by atoms with Crippen molar-refractivity contribution in [3.63, 3.8) is 0 Å². The minimum absolute atomic E-state index is 0.0210. The molecule has 0 radical (unpaired) electrons. The number of Topliss-reactive ketones (excluding diaryl/α,β-unsaturated/α-hetero) is 1. The van der Waals surface area contributed by atoms with Crippen molar-refractivity contribution in [3.8, 4) is 0 Å². The third-order valence-corrected chi connectivity index (χ3v) is 4.19. The van der Waals surface area contributed by atoms with Gasteiger partial charge in [0.1, 0.15) is 0 Å². The van der Waals surface area contributed by atoms with Crippen molar-refractivity contribution in [1.29, 1.82) is 0 Å². The van der Waals surface area contributed by atoms with Crippen molar-refractivity contribution < 1.29 is 14.4 Å². The number of nitrogens with one attached hydrogen (secondary N) is 3. The molecule has 0 heterocycles. The van der Waals surface area contributed by atoms with Gasteiger partial charge in [0.05, 0.1) is 12.1 Å². The number of primary amides is 1. The van der Waals surface area contributed by atoms with Crippen LogP contribution in [0.2, 0.25) is 0 Å². The fourth-order valence-corrected chi connectivity index (χ4v) is 2.72. The van der Waals surface area contributed by atoms with Gasteiger partial charge in [-0.2, -0.15) is 0 Å². The van der Waals surface area contributed by atoms with Crippen LogP contribution in [0, 0.1) is 11.3 Å². The lowest BCUT2D eigenvalue weighted by atomic mass is 9.84. The Hall–Kier alpha value is -1.28. The van der Waals surface area contributed by atoms with Crippen LogP contribution in [0.25, 0.3) is 0 Å². The summed E-state index contributed by atoms with van der Waals surface area (Å²) in [7, 11) is 0. The van der Waals surface area contributed by atoms with Gasteiger partial charge in [0.2, 0.25) is 5.91 Å². The molecule has 2 unspecified atom stereocenters. The van der Waals surface area contributed by atoms with E-state index in [1.54, 1.807) is 11.8 Å². The van der Waals surface area contributed by atoms with E-state index in [1.165, 1.54) is 0 Å². The Labute approximate surface area is 155 Å². The van der Waals surface area contributed by atoms with E-state index in [9.17, 15) is 14.4 Å². The lowest BCUT2D eigenvalue weighted by Crippen LogP contribution is -2.54. The van der Waals surface area contributed by atoms with Crippen molar-refractivity contribution in [3.05, 3.63) is 0 Å². The van der Waals surface area contributed by atoms with E-state index in [-0.39, 0.29) is 23.7 Å². The highest BCUT2D eigenvalue weighted by Gasteiger charge is 2.32. The number of nitrogens with two attached hydrogens (primary N) is 1. The smallest absolute Gasteiger partial charge is 0.312 e. The summed E-state index contributed by atoms with van der Waals surface area (Å²) in [6.07, 6.45) is 2.97. The van der Waals surface area contributed by atoms with E-state index < -0.39 is 17.5 Å². The van der Waals surface area contributed by atoms with Crippen LogP contribution in [0.15, 0.2) is 0 Å². The van der Waals surface area contributed by atoms with Crippen LogP contribution < -0.4 is 21.7 Å². The molecule has 0 spiro atoms. The van der Waals surface area contributed by atoms with E-state index in [0.717, 1.165) is 0 Å². The molecule has 7 nitrogen and oxygen atoms in total. The highest BCUT2D eigenvalue weighted by molar-refractivity contribution is 7.98. The van der Waals surface area contributed by atoms with Crippen LogP contribution >= 0.6 is 11.8 Å². The zero-order valence-corrected chi connectivity index (χ0v) is 17.1. The van der Waals surface area contributed by atoms with Gasteiger partial charge in [-0.25, -0.2) is 4.79 Å². The Kier molecular flexibility index (Phi) is 10.8. The molecule has 0 fully saturated rings. The third-order valence-electron chi connectivity index (χ3n) is 3.74. The Morgan fingerprint density at radius 1 is 1.16 bits per heavy atom. The highest BCUT2D eigenvalue weighted by atomic mass is 32.2. The summed E-state index contributed by atoms with van der Waals surface area (Å²) < 4.78 is 0. The Bertz CT molecular complexity index is 450. The predicted molar refractivity (Wildman–Crippen MR) is 103 cm³/mol. The number of amides is 3. The van der Waals surface area contributed by atoms with Gasteiger partial charge in [-0.1, -0.05) is 34.6 Å². The molecule has 0 aromatic carbocycles. The molecule has 0 aromatic heterocycles. The minimum atomic E-state index is -0.594. The molecule has 0 aliphatic heterocycles. The lowest BCUT2D eigenvalue weighted by Gasteiger charge is -2.28. The van der Waals surface area contributed by atoms with Crippen molar-refractivity contribution in [1.82, 2.24) is 16.0 Å². The van der Waals surface area contributed by atoms with Crippen LogP contribution in [0.4, 0.5) is 4.79 Å². The molecule has 0 bridgehead atoms. The number of hydrogen-bond donors (Lipinski definition) is 4. The summed E-state index contributed by atoms with van der Waals surface area (Å²) in [5.74, 6) is 0.576. The molecule has 8 heteroatoms. The van der Waals surface area contributed by atoms with E-state index >= 15 is 0 Å². The summed E-state index contributed by atoms with van der Waals surface area (Å²) in [6, 6.07) is -1.53. The van der Waals surface area contributed by atoms with Crippen LogP contribution in [0.3, 0.4) is 0 Å². The fourth-order valence-electron chi connectivity index (χ4n) is 2.38. The summed E-state index contributed by atoms with van der Waals surface area (Å²) in [5, 5.41) is 8.60. The summed E-state index contributed by atoms with van der Waals surface area (Å²) in [4.78, 5) is 36.1. The second-order valence-corrected chi connectivity index (χ2v) is 8.33. The molecular weight excluding hydrogens is 340 g/mol. The van der Waals surface area contributed by atoms with Crippen molar-refractivity contribution >= 4 is 29.5 Å². The Morgan fingerprint density at radius 2 is 1.76 bits per heavy atom. The first-order valence-corrected chi connectivity index (χ1v) is 10.00. The van der Waals surface area contributed by atoms with E-state index in [4.69, 9.17) is 5.73 Å². The number of carbonyl (C=O) groups is 3. The first kappa shape index (κ1) is 23.7. The first-order valence-electron chi connectivity index (χ1n) is 8.61. The molecule has 25 heavy (non-hydrogen) atoms. The number of thioether (sulfide) groups is 1. The molecule has 0 saturated heterocycles. The average Bonchev–Trinajstić information content (AvgIpc) is 2.48. The molecule has 0 rings (SSSR count). The number of rotatable bonds is 11.